The van der Waals surface area contributed by atoms with Crippen LogP contribution in [0.5, 0.6) is 0 Å². The van der Waals surface area contributed by atoms with E-state index < -0.39 is 65.4 Å². The van der Waals surface area contributed by atoms with Gasteiger partial charge in [-0.2, -0.15) is 52.7 Å². The van der Waals surface area contributed by atoms with Crippen molar-refractivity contribution in [2.24, 2.45) is 34.5 Å². The minimum absolute atomic E-state index is 0. The van der Waals surface area contributed by atoms with Gasteiger partial charge in [-0.3, -0.25) is 0 Å². The largest absolute Gasteiger partial charge is 0.394 e. The molecule has 0 aromatic carbocycles. The Hall–Kier alpha value is -1.05. The first-order valence-corrected chi connectivity index (χ1v) is 14.9. The lowest BCUT2D eigenvalue weighted by Crippen LogP contribution is -2.77. The Morgan fingerprint density at radius 3 is 1.18 bits per heavy atom. The van der Waals surface area contributed by atoms with Crippen LogP contribution in [0.4, 0.5) is 65.9 Å². The fourth-order valence-electron chi connectivity index (χ4n) is 6.94. The molecule has 45 heavy (non-hydrogen) atoms. The molecule has 5 aliphatic rings. The van der Waals surface area contributed by atoms with Gasteiger partial charge in [0, 0.05) is 0 Å². The fraction of sp³-hybridized carbons (Fsp3) is 1.00. The van der Waals surface area contributed by atoms with E-state index >= 15 is 0 Å². The molecule has 5 aliphatic carbocycles. The summed E-state index contributed by atoms with van der Waals surface area (Å²) in [5.41, 5.74) is -7.73. The van der Waals surface area contributed by atoms with Gasteiger partial charge in [0.15, 0.2) is 0 Å². The summed E-state index contributed by atoms with van der Waals surface area (Å²) in [7, 11) is 0. The third-order valence-corrected chi connectivity index (χ3v) is 10.2. The van der Waals surface area contributed by atoms with Crippen molar-refractivity contribution in [3.63, 3.8) is 0 Å². The average Bonchev–Trinajstić information content (AvgIpc) is 3.66. The van der Waals surface area contributed by atoms with Crippen molar-refractivity contribution >= 4 is 0 Å². The van der Waals surface area contributed by atoms with Crippen LogP contribution >= 0.6 is 0 Å². The van der Waals surface area contributed by atoms with Gasteiger partial charge in [-0.1, -0.05) is 75.7 Å². The van der Waals surface area contributed by atoms with Crippen molar-refractivity contribution < 1.29 is 65.9 Å². The molecule has 0 saturated heterocycles. The molecule has 0 amide bonds. The first kappa shape index (κ1) is 46.1. The Labute approximate surface area is 257 Å². The van der Waals surface area contributed by atoms with E-state index in [0.717, 1.165) is 25.7 Å². The lowest BCUT2D eigenvalue weighted by atomic mass is 9.53. The zero-order valence-corrected chi connectivity index (χ0v) is 26.4. The topological polar surface area (TPSA) is 0 Å². The smallest absolute Gasteiger partial charge is 0.230 e. The Morgan fingerprint density at radius 1 is 0.600 bits per heavy atom. The van der Waals surface area contributed by atoms with Crippen LogP contribution in [-0.4, -0.2) is 41.7 Å². The molecule has 5 fully saturated rings. The van der Waals surface area contributed by atoms with Gasteiger partial charge in [-0.05, 0) is 56.8 Å². The second kappa shape index (κ2) is 14.6. The van der Waals surface area contributed by atoms with Crippen molar-refractivity contribution in [1.29, 1.82) is 0 Å². The maximum absolute atomic E-state index is 13.2. The van der Waals surface area contributed by atoms with Crippen LogP contribution in [0.3, 0.4) is 0 Å². The molecular weight excluding hydrogens is 645 g/mol. The van der Waals surface area contributed by atoms with E-state index in [9.17, 15) is 65.9 Å². The molecule has 0 aromatic heterocycles. The standard InChI is InChI=1S/C9H13F3.C8H7F9.C8H13F3.2C2H6.CH4/c1-5-6-3-4-7(5)8(6,2)9(10,11)12;1-3-5(10,11)4(2,9)7(14,15)8(16,17)6(3,12)13;1-2-7(8(9,10)11)5-3-4-6-7;2*1-2;/h5-7H,3-4H2,1-2H3;3H,1-2H3;2-6H2,1H3;2*1-2H3;1H4/t5?,6-,7+,8?;3-,4?;;;;/m.0..../s1. The normalized spacial score (nSPS) is 36.0. The molecule has 0 aliphatic heterocycles. The van der Waals surface area contributed by atoms with Gasteiger partial charge >= 0.3 is 30.1 Å². The molecule has 0 nitrogen and oxygen atoms in total. The highest BCUT2D eigenvalue weighted by atomic mass is 19.4. The molecule has 5 saturated carbocycles. The minimum Gasteiger partial charge on any atom is -0.230 e. The second-order valence-corrected chi connectivity index (χ2v) is 11.9. The Morgan fingerprint density at radius 2 is 0.956 bits per heavy atom. The van der Waals surface area contributed by atoms with Gasteiger partial charge in [-0.25, -0.2) is 13.2 Å². The molecule has 0 N–H and O–H groups in total. The SMILES string of the molecule is C.CC.CC.CC1[C@H]2CC[C@@H]1C2(C)C(F)(F)F.CCC1(C(F)(F)F)CCCC1.C[C@H]1C(F)(F)C(C)(F)C(F)(F)C(F)(F)C1(F)F. The lowest BCUT2D eigenvalue weighted by molar-refractivity contribution is -0.431. The zero-order chi connectivity index (χ0) is 35.8. The molecule has 2 bridgehead atoms. The van der Waals surface area contributed by atoms with Crippen LogP contribution in [0.1, 0.15) is 115 Å². The first-order valence-electron chi connectivity index (χ1n) is 14.9. The van der Waals surface area contributed by atoms with E-state index in [1.54, 1.807) is 6.92 Å². The molecule has 0 aromatic rings. The maximum atomic E-state index is 13.2. The van der Waals surface area contributed by atoms with Crippen LogP contribution in [0.15, 0.2) is 0 Å². The quantitative estimate of drug-likeness (QED) is 0.240. The lowest BCUT2D eigenvalue weighted by Gasteiger charge is -2.53. The molecule has 0 heterocycles. The molecular formula is C30H49F15. The Balaban J connectivity index is 0. The molecule has 3 unspecified atom stereocenters. The van der Waals surface area contributed by atoms with Crippen LogP contribution in [0.2, 0.25) is 0 Å². The molecule has 274 valence electrons. The monoisotopic (exact) mass is 694 g/mol. The predicted octanol–water partition coefficient (Wildman–Crippen LogP) is 13.3. The van der Waals surface area contributed by atoms with Crippen LogP contribution in [-0.2, 0) is 0 Å². The van der Waals surface area contributed by atoms with Crippen LogP contribution in [0.25, 0.3) is 0 Å². The highest BCUT2D eigenvalue weighted by Crippen LogP contribution is 2.71. The molecule has 5 rings (SSSR count). The van der Waals surface area contributed by atoms with Gasteiger partial charge in [0.25, 0.3) is 5.92 Å². The van der Waals surface area contributed by atoms with Gasteiger partial charge in [0.05, 0.1) is 16.7 Å². The van der Waals surface area contributed by atoms with Crippen molar-refractivity contribution in [3.05, 3.63) is 0 Å². The van der Waals surface area contributed by atoms with Gasteiger partial charge in [0.1, 0.15) is 0 Å². The molecule has 0 spiro atoms. The third-order valence-electron chi connectivity index (χ3n) is 10.2. The van der Waals surface area contributed by atoms with Crippen molar-refractivity contribution in [1.82, 2.24) is 0 Å². The highest BCUT2D eigenvalue weighted by molar-refractivity contribution is 5.20. The second-order valence-electron chi connectivity index (χ2n) is 11.9. The van der Waals surface area contributed by atoms with Gasteiger partial charge in [0.2, 0.25) is 5.67 Å². The van der Waals surface area contributed by atoms with E-state index in [2.05, 4.69) is 0 Å². The van der Waals surface area contributed by atoms with Gasteiger partial charge in [-0.15, -0.1) is 0 Å². The fourth-order valence-corrected chi connectivity index (χ4v) is 6.94. The summed E-state index contributed by atoms with van der Waals surface area (Å²) < 4.78 is 191. The highest BCUT2D eigenvalue weighted by Gasteiger charge is 2.91. The summed E-state index contributed by atoms with van der Waals surface area (Å²) >= 11 is 0. The summed E-state index contributed by atoms with van der Waals surface area (Å²) in [6.45, 7) is 12.4. The Kier molecular flexibility index (Phi) is 14.9. The average molecular weight is 695 g/mol. The first-order chi connectivity index (χ1) is 19.6. The number of hydrogen-bond acceptors (Lipinski definition) is 0. The van der Waals surface area contributed by atoms with Crippen LogP contribution < -0.4 is 0 Å². The molecule has 15 heteroatoms. The zero-order valence-electron chi connectivity index (χ0n) is 26.4. The molecule has 0 radical (unpaired) electrons. The molecule has 6 atom stereocenters. The number of hydrogen-bond donors (Lipinski definition) is 0. The summed E-state index contributed by atoms with van der Waals surface area (Å²) in [6.07, 6.45) is -3.98. The van der Waals surface area contributed by atoms with E-state index in [0.29, 0.717) is 18.8 Å². The van der Waals surface area contributed by atoms with Gasteiger partial charge < -0.3 is 0 Å². The van der Waals surface area contributed by atoms with E-state index in [1.807, 2.05) is 34.6 Å². The number of rotatable bonds is 1. The van der Waals surface area contributed by atoms with Crippen LogP contribution in [0, 0.1) is 34.5 Å². The summed E-state index contributed by atoms with van der Waals surface area (Å²) in [5.74, 6) is -26.8. The summed E-state index contributed by atoms with van der Waals surface area (Å²) in [5, 5.41) is 0. The van der Waals surface area contributed by atoms with E-state index in [1.165, 1.54) is 6.92 Å². The van der Waals surface area contributed by atoms with E-state index in [-0.39, 0.29) is 32.6 Å². The number of alkyl halides is 15. The summed E-state index contributed by atoms with van der Waals surface area (Å²) in [6, 6.07) is 0. The summed E-state index contributed by atoms with van der Waals surface area (Å²) in [4.78, 5) is 0. The van der Waals surface area contributed by atoms with E-state index in [4.69, 9.17) is 0 Å². The minimum atomic E-state index is -6.19. The predicted molar refractivity (Wildman–Crippen MR) is 145 cm³/mol. The number of halogens is 15. The third kappa shape index (κ3) is 6.93. The Bertz CT molecular complexity index is 854. The van der Waals surface area contributed by atoms with Crippen molar-refractivity contribution in [2.75, 3.05) is 0 Å². The maximum Gasteiger partial charge on any atom is 0.394 e. The van der Waals surface area contributed by atoms with Crippen molar-refractivity contribution in [2.45, 2.75) is 156 Å². The number of fused-ring (bicyclic) bond motifs is 1. The van der Waals surface area contributed by atoms with Crippen molar-refractivity contribution in [3.8, 4) is 0 Å².